The predicted molar refractivity (Wildman–Crippen MR) is 80.7 cm³/mol. The minimum atomic E-state index is -0.315. The predicted octanol–water partition coefficient (Wildman–Crippen LogP) is 1.37. The van der Waals surface area contributed by atoms with E-state index in [4.69, 9.17) is 15.2 Å². The van der Waals surface area contributed by atoms with Gasteiger partial charge in [-0.25, -0.2) is 4.39 Å². The van der Waals surface area contributed by atoms with Gasteiger partial charge in [0.25, 0.3) is 0 Å². The van der Waals surface area contributed by atoms with E-state index in [0.717, 1.165) is 5.56 Å². The van der Waals surface area contributed by atoms with Crippen LogP contribution in [0.15, 0.2) is 18.2 Å². The summed E-state index contributed by atoms with van der Waals surface area (Å²) in [5.74, 6) is -0.468. The van der Waals surface area contributed by atoms with E-state index in [0.29, 0.717) is 18.7 Å². The van der Waals surface area contributed by atoms with E-state index >= 15 is 0 Å². The Bertz CT molecular complexity index is 442. The third-order valence-corrected chi connectivity index (χ3v) is 2.91. The van der Waals surface area contributed by atoms with Crippen molar-refractivity contribution in [2.75, 3.05) is 20.8 Å². The van der Waals surface area contributed by atoms with Crippen LogP contribution in [0, 0.1) is 5.82 Å². The van der Waals surface area contributed by atoms with Crippen molar-refractivity contribution in [2.45, 2.75) is 25.7 Å². The van der Waals surface area contributed by atoms with Crippen molar-refractivity contribution < 1.29 is 18.7 Å². The Labute approximate surface area is 130 Å². The molecular weight excluding hydrogens is 299 g/mol. The number of carbonyl (C=O) groups excluding carboxylic acids is 1. The number of halogens is 2. The number of nitrogens with one attached hydrogen (secondary N) is 1. The molecule has 0 saturated heterocycles. The van der Waals surface area contributed by atoms with Crippen LogP contribution in [0.5, 0.6) is 0 Å². The van der Waals surface area contributed by atoms with Gasteiger partial charge in [-0.1, -0.05) is 6.07 Å². The summed E-state index contributed by atoms with van der Waals surface area (Å²) in [4.78, 5) is 11.7. The summed E-state index contributed by atoms with van der Waals surface area (Å²) in [7, 11) is 3.02. The highest BCUT2D eigenvalue weighted by Crippen LogP contribution is 2.11. The molecule has 0 fully saturated rings. The molecule has 1 rings (SSSR count). The first-order valence-corrected chi connectivity index (χ1v) is 6.36. The summed E-state index contributed by atoms with van der Waals surface area (Å²) in [6.07, 6.45) is -0.0775. The van der Waals surface area contributed by atoms with Crippen LogP contribution in [0.2, 0.25) is 0 Å². The Morgan fingerprint density at radius 2 is 2.14 bits per heavy atom. The molecule has 0 aliphatic heterocycles. The molecule has 0 aliphatic rings. The lowest BCUT2D eigenvalue weighted by Crippen LogP contribution is -2.31. The van der Waals surface area contributed by atoms with Gasteiger partial charge >= 0.3 is 0 Å². The minimum absolute atomic E-state index is 0. The number of amides is 1. The van der Waals surface area contributed by atoms with Crippen molar-refractivity contribution in [3.05, 3.63) is 35.1 Å². The second-order valence-corrected chi connectivity index (χ2v) is 4.43. The van der Waals surface area contributed by atoms with Gasteiger partial charge in [-0.3, -0.25) is 4.79 Å². The fourth-order valence-electron chi connectivity index (χ4n) is 1.75. The van der Waals surface area contributed by atoms with E-state index < -0.39 is 0 Å². The molecule has 1 aromatic carbocycles. The lowest BCUT2D eigenvalue weighted by molar-refractivity contribution is -0.123. The molecule has 5 nitrogen and oxygen atoms in total. The van der Waals surface area contributed by atoms with Crippen molar-refractivity contribution in [1.82, 2.24) is 5.32 Å². The van der Waals surface area contributed by atoms with Gasteiger partial charge in [0, 0.05) is 32.9 Å². The first-order chi connectivity index (χ1) is 9.60. The fraction of sp³-hybridized carbons (Fsp3) is 0.500. The number of methoxy groups -OCH3 is 2. The number of benzene rings is 1. The number of hydrogen-bond acceptors (Lipinski definition) is 4. The smallest absolute Gasteiger partial charge is 0.222 e. The Morgan fingerprint density at radius 1 is 1.43 bits per heavy atom. The molecule has 120 valence electrons. The Hall–Kier alpha value is -1.21. The minimum Gasteiger partial charge on any atom is -0.380 e. The molecule has 0 spiro atoms. The number of nitrogens with two attached hydrogens (primary N) is 1. The normalized spacial score (nSPS) is 11.6. The highest BCUT2D eigenvalue weighted by Gasteiger charge is 2.11. The maximum Gasteiger partial charge on any atom is 0.222 e. The first-order valence-electron chi connectivity index (χ1n) is 6.36. The molecule has 0 bridgehead atoms. The van der Waals surface area contributed by atoms with E-state index in [-0.39, 0.29) is 43.3 Å². The zero-order chi connectivity index (χ0) is 15.0. The van der Waals surface area contributed by atoms with Crippen LogP contribution in [0.3, 0.4) is 0 Å². The quantitative estimate of drug-likeness (QED) is 0.759. The van der Waals surface area contributed by atoms with Gasteiger partial charge in [-0.05, 0) is 17.7 Å². The molecule has 1 aromatic rings. The van der Waals surface area contributed by atoms with Gasteiger partial charge in [0.1, 0.15) is 5.82 Å². The molecule has 0 radical (unpaired) electrons. The highest BCUT2D eigenvalue weighted by molar-refractivity contribution is 5.85. The zero-order valence-electron chi connectivity index (χ0n) is 12.2. The van der Waals surface area contributed by atoms with Gasteiger partial charge in [-0.15, -0.1) is 12.4 Å². The molecule has 1 amide bonds. The van der Waals surface area contributed by atoms with E-state index in [2.05, 4.69) is 5.32 Å². The van der Waals surface area contributed by atoms with Crippen molar-refractivity contribution in [3.63, 3.8) is 0 Å². The Balaban J connectivity index is 0.00000400. The summed E-state index contributed by atoms with van der Waals surface area (Å²) in [6.45, 7) is 0.821. The van der Waals surface area contributed by atoms with Crippen LogP contribution in [-0.2, 0) is 27.4 Å². The van der Waals surface area contributed by atoms with Gasteiger partial charge in [0.05, 0.1) is 19.1 Å². The second-order valence-electron chi connectivity index (χ2n) is 4.43. The molecule has 0 aliphatic carbocycles. The van der Waals surface area contributed by atoms with E-state index in [1.807, 2.05) is 0 Å². The summed E-state index contributed by atoms with van der Waals surface area (Å²) in [5, 5.41) is 2.75. The maximum atomic E-state index is 13.4. The Morgan fingerprint density at radius 3 is 2.71 bits per heavy atom. The van der Waals surface area contributed by atoms with Crippen molar-refractivity contribution in [2.24, 2.45) is 5.73 Å². The number of carbonyl (C=O) groups is 1. The number of rotatable bonds is 8. The summed E-state index contributed by atoms with van der Waals surface area (Å²) in [6, 6.07) is 4.68. The van der Waals surface area contributed by atoms with Crippen LogP contribution in [0.1, 0.15) is 17.5 Å². The molecule has 1 atom stereocenters. The topological polar surface area (TPSA) is 73.6 Å². The van der Waals surface area contributed by atoms with Gasteiger partial charge in [0.15, 0.2) is 0 Å². The molecule has 1 unspecified atom stereocenters. The zero-order valence-corrected chi connectivity index (χ0v) is 13.0. The molecule has 3 N–H and O–H groups in total. The average molecular weight is 321 g/mol. The molecule has 7 heteroatoms. The first kappa shape index (κ1) is 19.8. The highest BCUT2D eigenvalue weighted by atomic mass is 35.5. The van der Waals surface area contributed by atoms with Crippen LogP contribution < -0.4 is 11.1 Å². The second kappa shape index (κ2) is 10.5. The monoisotopic (exact) mass is 320 g/mol. The molecule has 0 heterocycles. The standard InChI is InChI=1S/C14H21FN2O3.ClH/c1-19-9-11-5-10(3-4-13(11)15)8-17-14(18)6-12(7-16)20-2;/h3-5,12H,6-9,16H2,1-2H3,(H,17,18);1H. The van der Waals surface area contributed by atoms with Gasteiger partial charge in [0.2, 0.25) is 5.91 Å². The molecule has 21 heavy (non-hydrogen) atoms. The largest absolute Gasteiger partial charge is 0.380 e. The summed E-state index contributed by atoms with van der Waals surface area (Å²) < 4.78 is 23.4. The van der Waals surface area contributed by atoms with Gasteiger partial charge in [-0.2, -0.15) is 0 Å². The third-order valence-electron chi connectivity index (χ3n) is 2.91. The van der Waals surface area contributed by atoms with Crippen LogP contribution in [0.4, 0.5) is 4.39 Å². The summed E-state index contributed by atoms with van der Waals surface area (Å²) >= 11 is 0. The molecule has 0 saturated carbocycles. The van der Waals surface area contributed by atoms with Crippen molar-refractivity contribution >= 4 is 18.3 Å². The average Bonchev–Trinajstić information content (AvgIpc) is 2.45. The van der Waals surface area contributed by atoms with Gasteiger partial charge < -0.3 is 20.5 Å². The van der Waals surface area contributed by atoms with Crippen molar-refractivity contribution in [1.29, 1.82) is 0 Å². The molecule has 0 aromatic heterocycles. The van der Waals surface area contributed by atoms with E-state index in [9.17, 15) is 9.18 Å². The lowest BCUT2D eigenvalue weighted by Gasteiger charge is -2.13. The Kier molecular flexibility index (Phi) is 9.90. The van der Waals surface area contributed by atoms with Crippen LogP contribution in [-0.4, -0.2) is 32.8 Å². The third kappa shape index (κ3) is 6.86. The number of ether oxygens (including phenoxy) is 2. The van der Waals surface area contributed by atoms with Crippen LogP contribution >= 0.6 is 12.4 Å². The molecular formula is C14H22ClFN2O3. The fourth-order valence-corrected chi connectivity index (χ4v) is 1.75. The SMILES string of the molecule is COCc1cc(CNC(=O)CC(CN)OC)ccc1F.Cl. The van der Waals surface area contributed by atoms with Crippen LogP contribution in [0.25, 0.3) is 0 Å². The number of hydrogen-bond donors (Lipinski definition) is 2. The lowest BCUT2D eigenvalue weighted by atomic mass is 10.1. The maximum absolute atomic E-state index is 13.4. The summed E-state index contributed by atoms with van der Waals surface area (Å²) in [5.41, 5.74) is 6.73. The van der Waals surface area contributed by atoms with Crippen molar-refractivity contribution in [3.8, 4) is 0 Å². The van der Waals surface area contributed by atoms with E-state index in [1.165, 1.54) is 20.3 Å². The van der Waals surface area contributed by atoms with E-state index in [1.54, 1.807) is 12.1 Å².